The number of urea groups is 1. The summed E-state index contributed by atoms with van der Waals surface area (Å²) >= 11 is 12.3. The van der Waals surface area contributed by atoms with Gasteiger partial charge in [-0.25, -0.2) is 4.79 Å². The van der Waals surface area contributed by atoms with Gasteiger partial charge in [0.05, 0.1) is 30.5 Å². The van der Waals surface area contributed by atoms with Gasteiger partial charge in [-0.15, -0.1) is 0 Å². The van der Waals surface area contributed by atoms with Gasteiger partial charge in [-0.1, -0.05) is 53.5 Å². The van der Waals surface area contributed by atoms with E-state index in [1.54, 1.807) is 23.1 Å². The summed E-state index contributed by atoms with van der Waals surface area (Å²) in [4.78, 5) is 32.5. The molecule has 202 valence electrons. The number of carbonyl (C=O) groups excluding carboxylic acids is 2. The minimum absolute atomic E-state index is 0.103. The van der Waals surface area contributed by atoms with Crippen molar-refractivity contribution < 1.29 is 18.7 Å². The normalized spacial score (nSPS) is 13.8. The molecule has 1 aliphatic heterocycles. The van der Waals surface area contributed by atoms with Crippen LogP contribution in [-0.2, 0) is 22.6 Å². The zero-order valence-electron chi connectivity index (χ0n) is 21.4. The van der Waals surface area contributed by atoms with Crippen molar-refractivity contribution in [3.05, 3.63) is 87.8 Å². The van der Waals surface area contributed by atoms with Gasteiger partial charge >= 0.3 is 6.03 Å². The fraction of sp³-hybridized carbons (Fsp3) is 0.357. The van der Waals surface area contributed by atoms with Crippen molar-refractivity contribution >= 4 is 40.8 Å². The highest BCUT2D eigenvalue weighted by Crippen LogP contribution is 2.25. The molecule has 4 rings (SSSR count). The van der Waals surface area contributed by atoms with Crippen molar-refractivity contribution in [2.75, 3.05) is 51.3 Å². The number of hydrogen-bond acceptors (Lipinski definition) is 5. The Labute approximate surface area is 233 Å². The van der Waals surface area contributed by atoms with Crippen molar-refractivity contribution in [3.8, 4) is 0 Å². The lowest BCUT2D eigenvalue weighted by Crippen LogP contribution is -2.48. The van der Waals surface area contributed by atoms with Gasteiger partial charge in [-0.05, 0) is 42.8 Å². The van der Waals surface area contributed by atoms with Gasteiger partial charge in [-0.3, -0.25) is 9.69 Å². The average molecular weight is 559 g/mol. The third kappa shape index (κ3) is 8.23. The molecule has 1 aliphatic rings. The van der Waals surface area contributed by atoms with Crippen LogP contribution in [0.5, 0.6) is 0 Å². The number of nitrogens with one attached hydrogen (secondary N) is 1. The number of furan rings is 1. The molecule has 0 bridgehead atoms. The number of benzene rings is 2. The number of amides is 3. The van der Waals surface area contributed by atoms with Gasteiger partial charge in [0.25, 0.3) is 0 Å². The van der Waals surface area contributed by atoms with Crippen LogP contribution in [0.25, 0.3) is 0 Å². The zero-order valence-corrected chi connectivity index (χ0v) is 22.9. The second kappa shape index (κ2) is 13.7. The molecule has 1 fully saturated rings. The molecule has 0 radical (unpaired) electrons. The van der Waals surface area contributed by atoms with E-state index in [1.807, 2.05) is 49.4 Å². The van der Waals surface area contributed by atoms with E-state index in [1.165, 1.54) is 4.90 Å². The molecule has 3 amide bonds. The van der Waals surface area contributed by atoms with Gasteiger partial charge in [-0.2, -0.15) is 0 Å². The Kier molecular flexibility index (Phi) is 10.1. The smallest absolute Gasteiger partial charge is 0.322 e. The standard InChI is InChI=1S/C28H32Cl2N4O4/c1-21-7-9-24(38-21)19-34(18-22-5-3-2-4-6-22)27(35)20-33(12-11-32-13-15-37-16-14-32)28(36)31-26-10-8-23(29)17-25(26)30/h2-10,17H,11-16,18-20H2,1H3,(H,31,36). The first-order valence-electron chi connectivity index (χ1n) is 12.6. The molecule has 0 unspecified atom stereocenters. The summed E-state index contributed by atoms with van der Waals surface area (Å²) in [5, 5.41) is 3.63. The van der Waals surface area contributed by atoms with E-state index in [2.05, 4.69) is 10.2 Å². The highest BCUT2D eigenvalue weighted by Gasteiger charge is 2.24. The van der Waals surface area contributed by atoms with E-state index in [4.69, 9.17) is 32.4 Å². The largest absolute Gasteiger partial charge is 0.464 e. The maximum Gasteiger partial charge on any atom is 0.322 e. The lowest BCUT2D eigenvalue weighted by atomic mass is 10.2. The minimum atomic E-state index is -0.413. The molecule has 0 spiro atoms. The van der Waals surface area contributed by atoms with Crippen LogP contribution in [0, 0.1) is 6.92 Å². The molecule has 0 aliphatic carbocycles. The van der Waals surface area contributed by atoms with Crippen LogP contribution in [0.4, 0.5) is 10.5 Å². The average Bonchev–Trinajstić information content (AvgIpc) is 3.33. The molecule has 1 N–H and O–H groups in total. The fourth-order valence-electron chi connectivity index (χ4n) is 4.18. The molecule has 0 saturated carbocycles. The van der Waals surface area contributed by atoms with Gasteiger partial charge in [0, 0.05) is 37.7 Å². The van der Waals surface area contributed by atoms with Crippen LogP contribution >= 0.6 is 23.2 Å². The van der Waals surface area contributed by atoms with Crippen LogP contribution < -0.4 is 5.32 Å². The molecule has 2 heterocycles. The Morgan fingerprint density at radius 1 is 0.974 bits per heavy atom. The summed E-state index contributed by atoms with van der Waals surface area (Å²) in [6.07, 6.45) is 0. The SMILES string of the molecule is Cc1ccc(CN(Cc2ccccc2)C(=O)CN(CCN2CCOCC2)C(=O)Nc2ccc(Cl)cc2Cl)o1. The number of hydrogen-bond donors (Lipinski definition) is 1. The van der Waals surface area contributed by atoms with Crippen LogP contribution in [0.1, 0.15) is 17.1 Å². The molecule has 1 saturated heterocycles. The first kappa shape index (κ1) is 28.0. The molecule has 8 nitrogen and oxygen atoms in total. The van der Waals surface area contributed by atoms with Gasteiger partial charge in [0.15, 0.2) is 0 Å². The van der Waals surface area contributed by atoms with E-state index in [0.29, 0.717) is 60.9 Å². The number of morpholine rings is 1. The number of rotatable bonds is 10. The topological polar surface area (TPSA) is 78.3 Å². The van der Waals surface area contributed by atoms with Gasteiger partial charge in [0.2, 0.25) is 5.91 Å². The maximum atomic E-state index is 13.7. The molecule has 0 atom stereocenters. The molecule has 38 heavy (non-hydrogen) atoms. The summed E-state index contributed by atoms with van der Waals surface area (Å²) in [5.41, 5.74) is 1.42. The van der Waals surface area contributed by atoms with Gasteiger partial charge < -0.3 is 24.3 Å². The highest BCUT2D eigenvalue weighted by atomic mass is 35.5. The van der Waals surface area contributed by atoms with E-state index < -0.39 is 6.03 Å². The van der Waals surface area contributed by atoms with Crippen molar-refractivity contribution in [1.29, 1.82) is 0 Å². The second-order valence-electron chi connectivity index (χ2n) is 9.18. The Morgan fingerprint density at radius 2 is 1.74 bits per heavy atom. The lowest BCUT2D eigenvalue weighted by molar-refractivity contribution is -0.133. The molecular weight excluding hydrogens is 527 g/mol. The van der Waals surface area contributed by atoms with Crippen molar-refractivity contribution in [2.24, 2.45) is 0 Å². The molecule has 2 aromatic carbocycles. The quantitative estimate of drug-likeness (QED) is 0.365. The monoisotopic (exact) mass is 558 g/mol. The number of ether oxygens (including phenoxy) is 1. The maximum absolute atomic E-state index is 13.7. The molecular formula is C28H32Cl2N4O4. The number of anilines is 1. The van der Waals surface area contributed by atoms with E-state index in [0.717, 1.165) is 24.4 Å². The summed E-state index contributed by atoms with van der Waals surface area (Å²) in [6.45, 7) is 6.30. The van der Waals surface area contributed by atoms with Crippen LogP contribution in [-0.4, -0.2) is 72.6 Å². The Morgan fingerprint density at radius 3 is 2.42 bits per heavy atom. The number of aryl methyl sites for hydroxylation is 1. The number of nitrogens with zero attached hydrogens (tertiary/aromatic N) is 3. The summed E-state index contributed by atoms with van der Waals surface area (Å²) < 4.78 is 11.2. The van der Waals surface area contributed by atoms with E-state index in [9.17, 15) is 9.59 Å². The Balaban J connectivity index is 1.51. The fourth-order valence-corrected chi connectivity index (χ4v) is 4.64. The van der Waals surface area contributed by atoms with Gasteiger partial charge in [0.1, 0.15) is 18.1 Å². The zero-order chi connectivity index (χ0) is 26.9. The second-order valence-corrected chi connectivity index (χ2v) is 10.0. The first-order chi connectivity index (χ1) is 18.4. The number of carbonyl (C=O) groups is 2. The summed E-state index contributed by atoms with van der Waals surface area (Å²) in [7, 11) is 0. The van der Waals surface area contributed by atoms with Crippen molar-refractivity contribution in [2.45, 2.75) is 20.0 Å². The third-order valence-corrected chi connectivity index (χ3v) is 6.84. The highest BCUT2D eigenvalue weighted by molar-refractivity contribution is 6.36. The van der Waals surface area contributed by atoms with Crippen LogP contribution in [0.3, 0.4) is 0 Å². The molecule has 3 aromatic rings. The summed E-state index contributed by atoms with van der Waals surface area (Å²) in [5.74, 6) is 1.27. The lowest BCUT2D eigenvalue weighted by Gasteiger charge is -2.31. The molecule has 10 heteroatoms. The van der Waals surface area contributed by atoms with Crippen LogP contribution in [0.15, 0.2) is 65.1 Å². The Bertz CT molecular complexity index is 1210. The van der Waals surface area contributed by atoms with Crippen molar-refractivity contribution in [3.63, 3.8) is 0 Å². The number of halogens is 2. The predicted molar refractivity (Wildman–Crippen MR) is 148 cm³/mol. The predicted octanol–water partition coefficient (Wildman–Crippen LogP) is 5.29. The third-order valence-electron chi connectivity index (χ3n) is 6.29. The van der Waals surface area contributed by atoms with E-state index in [-0.39, 0.29) is 12.5 Å². The van der Waals surface area contributed by atoms with Crippen LogP contribution in [0.2, 0.25) is 10.0 Å². The minimum Gasteiger partial charge on any atom is -0.464 e. The van der Waals surface area contributed by atoms with E-state index >= 15 is 0 Å². The molecule has 1 aromatic heterocycles. The summed E-state index contributed by atoms with van der Waals surface area (Å²) in [6, 6.07) is 17.9. The Hall–Kier alpha value is -3.04. The first-order valence-corrected chi connectivity index (χ1v) is 13.3. The van der Waals surface area contributed by atoms with Crippen molar-refractivity contribution in [1.82, 2.24) is 14.7 Å².